The van der Waals surface area contributed by atoms with Crippen LogP contribution in [-0.4, -0.2) is 23.9 Å². The van der Waals surface area contributed by atoms with Crippen molar-refractivity contribution in [1.82, 2.24) is 5.32 Å². The Balaban J connectivity index is 1.66. The molecule has 5 nitrogen and oxygen atoms in total. The number of aryl methyl sites for hydroxylation is 1. The lowest BCUT2D eigenvalue weighted by atomic mass is 10.0. The second-order valence-electron chi connectivity index (χ2n) is 5.81. The monoisotopic (exact) mass is 301 g/mol. The second-order valence-corrected chi connectivity index (χ2v) is 5.81. The van der Waals surface area contributed by atoms with Crippen LogP contribution in [0.25, 0.3) is 0 Å². The Bertz CT molecular complexity index is 676. The third-order valence-electron chi connectivity index (χ3n) is 4.15. The van der Waals surface area contributed by atoms with Crippen molar-refractivity contribution in [3.8, 4) is 6.07 Å². The molecule has 3 rings (SSSR count). The number of nitriles is 1. The number of anilines is 1. The molecule has 0 aromatic heterocycles. The van der Waals surface area contributed by atoms with Gasteiger partial charge >= 0.3 is 0 Å². The van der Waals surface area contributed by atoms with E-state index in [4.69, 9.17) is 5.26 Å². The summed E-state index contributed by atoms with van der Waals surface area (Å²) in [5, 5.41) is 11.7. The minimum Gasteiger partial charge on any atom is -0.338 e. The number of hydrogen-bond donors (Lipinski definition) is 1. The number of benzene rings is 1. The zero-order chi connectivity index (χ0) is 15.7. The predicted molar refractivity (Wildman–Crippen MR) is 77.4 cm³/mol. The molecular formula is C16H16FN3O2. The number of amides is 2. The van der Waals surface area contributed by atoms with Crippen molar-refractivity contribution in [3.05, 3.63) is 29.6 Å². The Hall–Kier alpha value is -2.42. The van der Waals surface area contributed by atoms with Gasteiger partial charge < -0.3 is 10.2 Å². The van der Waals surface area contributed by atoms with E-state index in [-0.39, 0.29) is 30.6 Å². The molecule has 0 unspecified atom stereocenters. The van der Waals surface area contributed by atoms with Crippen molar-refractivity contribution in [2.24, 2.45) is 0 Å². The van der Waals surface area contributed by atoms with Gasteiger partial charge in [-0.1, -0.05) is 0 Å². The summed E-state index contributed by atoms with van der Waals surface area (Å²) >= 11 is 0. The van der Waals surface area contributed by atoms with Crippen molar-refractivity contribution in [2.75, 3.05) is 11.4 Å². The predicted octanol–water partition coefficient (Wildman–Crippen LogP) is 1.67. The van der Waals surface area contributed by atoms with Crippen molar-refractivity contribution in [3.63, 3.8) is 0 Å². The quantitative estimate of drug-likeness (QED) is 0.919. The Morgan fingerprint density at radius 1 is 1.41 bits per heavy atom. The Morgan fingerprint density at radius 3 is 2.86 bits per heavy atom. The van der Waals surface area contributed by atoms with Gasteiger partial charge in [0.15, 0.2) is 0 Å². The maximum Gasteiger partial charge on any atom is 0.227 e. The minimum absolute atomic E-state index is 0.0617. The fourth-order valence-corrected chi connectivity index (χ4v) is 2.71. The van der Waals surface area contributed by atoms with E-state index >= 15 is 0 Å². The van der Waals surface area contributed by atoms with E-state index in [2.05, 4.69) is 11.4 Å². The molecule has 0 bridgehead atoms. The summed E-state index contributed by atoms with van der Waals surface area (Å²) < 4.78 is 13.3. The van der Waals surface area contributed by atoms with Gasteiger partial charge in [-0.3, -0.25) is 9.59 Å². The van der Waals surface area contributed by atoms with Crippen LogP contribution in [0.2, 0.25) is 0 Å². The van der Waals surface area contributed by atoms with Crippen LogP contribution in [0.5, 0.6) is 0 Å². The first-order valence-electron chi connectivity index (χ1n) is 7.34. The van der Waals surface area contributed by atoms with Gasteiger partial charge in [-0.25, -0.2) is 4.39 Å². The number of halogens is 1. The fourth-order valence-electron chi connectivity index (χ4n) is 2.71. The third kappa shape index (κ3) is 2.80. The van der Waals surface area contributed by atoms with Crippen molar-refractivity contribution in [1.29, 1.82) is 5.26 Å². The van der Waals surface area contributed by atoms with E-state index in [1.165, 1.54) is 17.0 Å². The van der Waals surface area contributed by atoms with Crippen LogP contribution in [-0.2, 0) is 16.0 Å². The van der Waals surface area contributed by atoms with Gasteiger partial charge in [0.1, 0.15) is 11.4 Å². The highest BCUT2D eigenvalue weighted by atomic mass is 19.1. The highest BCUT2D eigenvalue weighted by molar-refractivity contribution is 5.97. The molecule has 1 aliphatic carbocycles. The van der Waals surface area contributed by atoms with Gasteiger partial charge in [0, 0.05) is 25.1 Å². The summed E-state index contributed by atoms with van der Waals surface area (Å²) in [6, 6.07) is 6.43. The number of carbonyl (C=O) groups is 2. The van der Waals surface area contributed by atoms with E-state index in [0.717, 1.165) is 5.56 Å². The van der Waals surface area contributed by atoms with E-state index in [0.29, 0.717) is 31.4 Å². The van der Waals surface area contributed by atoms with Gasteiger partial charge in [-0.2, -0.15) is 5.26 Å². The molecule has 0 atom stereocenters. The summed E-state index contributed by atoms with van der Waals surface area (Å²) in [6.45, 7) is 0.241. The zero-order valence-corrected chi connectivity index (χ0v) is 12.1. The summed E-state index contributed by atoms with van der Waals surface area (Å²) in [5.74, 6) is -0.620. The molecule has 6 heteroatoms. The highest BCUT2D eigenvalue weighted by Gasteiger charge is 2.44. The second kappa shape index (κ2) is 5.41. The van der Waals surface area contributed by atoms with Crippen LogP contribution >= 0.6 is 0 Å². The lowest BCUT2D eigenvalue weighted by molar-refractivity contribution is -0.121. The van der Waals surface area contributed by atoms with E-state index in [1.54, 1.807) is 6.07 Å². The molecule has 1 aliphatic heterocycles. The lowest BCUT2D eigenvalue weighted by Crippen LogP contribution is -2.41. The minimum atomic E-state index is -0.690. The molecule has 22 heavy (non-hydrogen) atoms. The van der Waals surface area contributed by atoms with Crippen LogP contribution in [0.1, 0.15) is 31.2 Å². The Morgan fingerprint density at radius 2 is 2.18 bits per heavy atom. The van der Waals surface area contributed by atoms with E-state index < -0.39 is 5.54 Å². The number of carbonyl (C=O) groups excluding carboxylic acids is 2. The van der Waals surface area contributed by atoms with Crippen molar-refractivity contribution in [2.45, 2.75) is 37.6 Å². The van der Waals surface area contributed by atoms with Crippen LogP contribution in [0.15, 0.2) is 18.2 Å². The number of rotatable bonds is 4. The standard InChI is InChI=1S/C16H16FN3O2/c17-12-2-3-13-11(9-12)1-4-15(22)20(13)8-5-14(21)19-16(10-18)6-7-16/h2-3,9H,1,4-8H2,(H,19,21). The Labute approximate surface area is 127 Å². The van der Waals surface area contributed by atoms with E-state index in [1.807, 2.05) is 0 Å². The summed E-state index contributed by atoms with van der Waals surface area (Å²) in [6.07, 6.45) is 2.33. The van der Waals surface area contributed by atoms with Crippen LogP contribution < -0.4 is 10.2 Å². The summed E-state index contributed by atoms with van der Waals surface area (Å²) in [5.41, 5.74) is 0.770. The average Bonchev–Trinajstić information content (AvgIpc) is 3.26. The molecule has 1 fully saturated rings. The van der Waals surface area contributed by atoms with Crippen LogP contribution in [0.3, 0.4) is 0 Å². The highest BCUT2D eigenvalue weighted by Crippen LogP contribution is 2.34. The van der Waals surface area contributed by atoms with Gasteiger partial charge in [0.05, 0.1) is 6.07 Å². The number of nitrogens with zero attached hydrogens (tertiary/aromatic N) is 2. The molecule has 0 saturated heterocycles. The van der Waals surface area contributed by atoms with Gasteiger partial charge in [0.2, 0.25) is 11.8 Å². The average molecular weight is 301 g/mol. The fraction of sp³-hybridized carbons (Fsp3) is 0.438. The first-order chi connectivity index (χ1) is 10.5. The maximum atomic E-state index is 13.3. The summed E-state index contributed by atoms with van der Waals surface area (Å²) in [4.78, 5) is 25.5. The van der Waals surface area contributed by atoms with Crippen LogP contribution in [0, 0.1) is 17.1 Å². The largest absolute Gasteiger partial charge is 0.338 e. The third-order valence-corrected chi connectivity index (χ3v) is 4.15. The molecular weight excluding hydrogens is 285 g/mol. The van der Waals surface area contributed by atoms with Crippen molar-refractivity contribution >= 4 is 17.5 Å². The SMILES string of the molecule is N#CC1(NC(=O)CCN2C(=O)CCc3cc(F)ccc32)CC1. The first kappa shape index (κ1) is 14.5. The number of nitrogens with one attached hydrogen (secondary N) is 1. The smallest absolute Gasteiger partial charge is 0.227 e. The molecule has 1 heterocycles. The molecule has 2 aliphatic rings. The normalized spacial score (nSPS) is 18.4. The van der Waals surface area contributed by atoms with Crippen LogP contribution in [0.4, 0.5) is 10.1 Å². The van der Waals surface area contributed by atoms with Gasteiger partial charge in [-0.05, 0) is 43.0 Å². The molecule has 0 spiro atoms. The molecule has 1 saturated carbocycles. The van der Waals surface area contributed by atoms with E-state index in [9.17, 15) is 14.0 Å². The molecule has 1 aromatic rings. The molecule has 2 amide bonds. The van der Waals surface area contributed by atoms with Gasteiger partial charge in [0.25, 0.3) is 0 Å². The Kier molecular flexibility index (Phi) is 3.57. The first-order valence-corrected chi connectivity index (χ1v) is 7.34. The topological polar surface area (TPSA) is 73.2 Å². The molecule has 1 aromatic carbocycles. The summed E-state index contributed by atoms with van der Waals surface area (Å²) in [7, 11) is 0. The zero-order valence-electron chi connectivity index (χ0n) is 12.1. The van der Waals surface area contributed by atoms with Crippen molar-refractivity contribution < 1.29 is 14.0 Å². The van der Waals surface area contributed by atoms with Gasteiger partial charge in [-0.15, -0.1) is 0 Å². The molecule has 114 valence electrons. The number of hydrogen-bond acceptors (Lipinski definition) is 3. The molecule has 1 N–H and O–H groups in total. The lowest BCUT2D eigenvalue weighted by Gasteiger charge is -2.29. The maximum absolute atomic E-state index is 13.3. The molecule has 0 radical (unpaired) electrons. The number of fused-ring (bicyclic) bond motifs is 1.